The summed E-state index contributed by atoms with van der Waals surface area (Å²) < 4.78 is 55.4. The molecule has 0 saturated carbocycles. The molecule has 9 nitrogen and oxygen atoms in total. The van der Waals surface area contributed by atoms with Crippen LogP contribution in [-0.2, 0) is 6.18 Å². The van der Waals surface area contributed by atoms with E-state index in [1.807, 2.05) is 6.92 Å². The number of nitro groups is 1. The van der Waals surface area contributed by atoms with Crippen molar-refractivity contribution < 1.29 is 37.1 Å². The van der Waals surface area contributed by atoms with Gasteiger partial charge in [-0.3, -0.25) is 14.9 Å². The fraction of sp³-hybridized carbons (Fsp3) is 0.200. The van der Waals surface area contributed by atoms with Crippen molar-refractivity contribution in [2.24, 2.45) is 5.10 Å². The lowest BCUT2D eigenvalue weighted by Gasteiger charge is -2.11. The van der Waals surface area contributed by atoms with Crippen molar-refractivity contribution in [1.82, 2.24) is 5.43 Å². The Bertz CT molecular complexity index is 1360. The zero-order valence-corrected chi connectivity index (χ0v) is 21.6. The van der Waals surface area contributed by atoms with Gasteiger partial charge in [0.25, 0.3) is 5.91 Å². The van der Waals surface area contributed by atoms with Crippen molar-refractivity contribution in [1.29, 1.82) is 0 Å². The maximum absolute atomic E-state index is 12.9. The molecule has 0 unspecified atom stereocenters. The lowest BCUT2D eigenvalue weighted by atomic mass is 10.2. The lowest BCUT2D eigenvalue weighted by molar-refractivity contribution is -0.385. The normalized spacial score (nSPS) is 11.3. The van der Waals surface area contributed by atoms with E-state index in [2.05, 4.69) is 26.5 Å². The number of alkyl halides is 3. The summed E-state index contributed by atoms with van der Waals surface area (Å²) in [6.07, 6.45) is -2.57. The first-order chi connectivity index (χ1) is 18.0. The molecule has 0 heterocycles. The Morgan fingerprint density at radius 1 is 1.08 bits per heavy atom. The van der Waals surface area contributed by atoms with E-state index in [0.29, 0.717) is 45.8 Å². The number of nitro benzene ring substituents is 1. The van der Waals surface area contributed by atoms with Gasteiger partial charge in [0.2, 0.25) is 5.75 Å². The van der Waals surface area contributed by atoms with Gasteiger partial charge < -0.3 is 14.2 Å². The van der Waals surface area contributed by atoms with E-state index in [-0.39, 0.29) is 11.5 Å². The minimum atomic E-state index is -4.74. The molecule has 0 aliphatic carbocycles. The summed E-state index contributed by atoms with van der Waals surface area (Å²) in [5.74, 6) is 0.187. The van der Waals surface area contributed by atoms with E-state index in [4.69, 9.17) is 14.2 Å². The van der Waals surface area contributed by atoms with Crippen LogP contribution >= 0.6 is 15.9 Å². The van der Waals surface area contributed by atoms with Crippen molar-refractivity contribution >= 4 is 33.7 Å². The Morgan fingerprint density at radius 3 is 2.42 bits per heavy atom. The number of hydrazone groups is 1. The van der Waals surface area contributed by atoms with Gasteiger partial charge in [0.15, 0.2) is 11.5 Å². The molecule has 0 aliphatic rings. The summed E-state index contributed by atoms with van der Waals surface area (Å²) in [5, 5.41) is 15.2. The molecule has 3 aromatic rings. The highest BCUT2D eigenvalue weighted by molar-refractivity contribution is 9.10. The second-order valence-electron chi connectivity index (χ2n) is 7.64. The predicted octanol–water partition coefficient (Wildman–Crippen LogP) is 6.73. The fourth-order valence-corrected chi connectivity index (χ4v) is 3.57. The topological polar surface area (TPSA) is 112 Å². The number of carbonyl (C=O) groups is 1. The Kier molecular flexibility index (Phi) is 9.29. The lowest BCUT2D eigenvalue weighted by Crippen LogP contribution is -2.17. The summed E-state index contributed by atoms with van der Waals surface area (Å²) in [6, 6.07) is 11.2. The van der Waals surface area contributed by atoms with Gasteiger partial charge in [-0.1, -0.05) is 6.92 Å². The quantitative estimate of drug-likeness (QED) is 0.158. The highest BCUT2D eigenvalue weighted by atomic mass is 79.9. The first kappa shape index (κ1) is 28.4. The van der Waals surface area contributed by atoms with E-state index in [1.165, 1.54) is 31.5 Å². The fourth-order valence-electron chi connectivity index (χ4n) is 3.09. The molecule has 0 atom stereocenters. The summed E-state index contributed by atoms with van der Waals surface area (Å²) in [5.41, 5.74) is 1.22. The van der Waals surface area contributed by atoms with E-state index in [1.54, 1.807) is 18.2 Å². The number of amides is 1. The number of hydrogen-bond acceptors (Lipinski definition) is 7. The molecule has 0 radical (unpaired) electrons. The smallest absolute Gasteiger partial charge is 0.416 e. The van der Waals surface area contributed by atoms with Crippen LogP contribution in [-0.4, -0.2) is 30.8 Å². The highest BCUT2D eigenvalue weighted by Crippen LogP contribution is 2.39. The Balaban J connectivity index is 1.70. The molecule has 3 rings (SSSR count). The Hall–Kier alpha value is -4.13. The monoisotopic (exact) mass is 595 g/mol. The number of hydrogen-bond donors (Lipinski definition) is 1. The molecule has 38 heavy (non-hydrogen) atoms. The molecule has 0 aliphatic heterocycles. The van der Waals surface area contributed by atoms with Gasteiger partial charge in [-0.15, -0.1) is 0 Å². The molecule has 3 aromatic carbocycles. The maximum atomic E-state index is 12.9. The number of benzene rings is 3. The molecule has 0 fully saturated rings. The molecular formula is C25H21BrF3N3O6. The summed E-state index contributed by atoms with van der Waals surface area (Å²) in [4.78, 5) is 22.8. The van der Waals surface area contributed by atoms with Crippen molar-refractivity contribution in [2.45, 2.75) is 19.5 Å². The van der Waals surface area contributed by atoms with E-state index < -0.39 is 28.3 Å². The van der Waals surface area contributed by atoms with Crippen LogP contribution in [0.15, 0.2) is 64.2 Å². The van der Waals surface area contributed by atoms with Crippen LogP contribution < -0.4 is 19.6 Å². The molecular weight excluding hydrogens is 575 g/mol. The Morgan fingerprint density at radius 2 is 1.79 bits per heavy atom. The second kappa shape index (κ2) is 12.4. The van der Waals surface area contributed by atoms with Gasteiger partial charge >= 0.3 is 11.9 Å². The zero-order valence-electron chi connectivity index (χ0n) is 20.0. The minimum absolute atomic E-state index is 0.117. The summed E-state index contributed by atoms with van der Waals surface area (Å²) in [6.45, 7) is 2.48. The number of nitrogens with one attached hydrogen (secondary N) is 1. The van der Waals surface area contributed by atoms with Gasteiger partial charge in [0.05, 0.1) is 34.9 Å². The summed E-state index contributed by atoms with van der Waals surface area (Å²) in [7, 11) is 1.47. The van der Waals surface area contributed by atoms with Crippen LogP contribution in [0, 0.1) is 10.1 Å². The number of halogens is 4. The van der Waals surface area contributed by atoms with Gasteiger partial charge in [-0.25, -0.2) is 5.43 Å². The highest BCUT2D eigenvalue weighted by Gasteiger charge is 2.33. The van der Waals surface area contributed by atoms with Gasteiger partial charge in [0, 0.05) is 11.6 Å². The molecule has 0 spiro atoms. The third-order valence-electron chi connectivity index (χ3n) is 4.93. The first-order valence-electron chi connectivity index (χ1n) is 11.0. The van der Waals surface area contributed by atoms with Crippen LogP contribution in [0.2, 0.25) is 0 Å². The van der Waals surface area contributed by atoms with Crippen LogP contribution in [0.25, 0.3) is 0 Å². The average Bonchev–Trinajstić information content (AvgIpc) is 2.88. The number of nitrogens with zero attached hydrogens (tertiary/aromatic N) is 2. The molecule has 0 bridgehead atoms. The number of methoxy groups -OCH3 is 1. The van der Waals surface area contributed by atoms with E-state index >= 15 is 0 Å². The number of ether oxygens (including phenoxy) is 3. The van der Waals surface area contributed by atoms with Crippen molar-refractivity contribution in [3.05, 3.63) is 85.9 Å². The second-order valence-corrected chi connectivity index (χ2v) is 8.50. The molecule has 0 saturated heterocycles. The van der Waals surface area contributed by atoms with Gasteiger partial charge in [-0.2, -0.15) is 18.3 Å². The molecule has 13 heteroatoms. The maximum Gasteiger partial charge on any atom is 0.416 e. The largest absolute Gasteiger partial charge is 0.493 e. The van der Waals surface area contributed by atoms with Crippen molar-refractivity contribution in [3.8, 4) is 23.0 Å². The Labute approximate surface area is 223 Å². The number of rotatable bonds is 10. The predicted molar refractivity (Wildman–Crippen MR) is 136 cm³/mol. The third kappa shape index (κ3) is 7.22. The van der Waals surface area contributed by atoms with E-state index in [0.717, 1.165) is 12.5 Å². The van der Waals surface area contributed by atoms with Crippen LogP contribution in [0.4, 0.5) is 18.9 Å². The first-order valence-corrected chi connectivity index (χ1v) is 11.8. The van der Waals surface area contributed by atoms with Crippen LogP contribution in [0.3, 0.4) is 0 Å². The minimum Gasteiger partial charge on any atom is -0.493 e. The van der Waals surface area contributed by atoms with Gasteiger partial charge in [0.1, 0.15) is 5.75 Å². The van der Waals surface area contributed by atoms with Crippen molar-refractivity contribution in [2.75, 3.05) is 13.7 Å². The van der Waals surface area contributed by atoms with Gasteiger partial charge in [-0.05, 0) is 76.4 Å². The molecule has 200 valence electrons. The standard InChI is InChI=1S/C25H21BrF3N3O6/c1-3-10-37-22-8-5-16(12-23(22)36-2)24(33)31-30-14-15-4-7-20(18(26)11-15)38-21-9-6-17(25(27,28)29)13-19(21)32(34)35/h4-9,11-14H,3,10H2,1-2H3,(H,31,33)/b30-14+. The average molecular weight is 596 g/mol. The third-order valence-corrected chi connectivity index (χ3v) is 5.55. The molecule has 1 N–H and O–H groups in total. The zero-order chi connectivity index (χ0) is 27.9. The van der Waals surface area contributed by atoms with Crippen LogP contribution in [0.5, 0.6) is 23.0 Å². The summed E-state index contributed by atoms with van der Waals surface area (Å²) >= 11 is 3.26. The molecule has 1 amide bonds. The molecule has 0 aromatic heterocycles. The van der Waals surface area contributed by atoms with E-state index in [9.17, 15) is 28.1 Å². The van der Waals surface area contributed by atoms with Crippen molar-refractivity contribution in [3.63, 3.8) is 0 Å². The SMILES string of the molecule is CCCOc1ccc(C(=O)N/N=C/c2ccc(Oc3ccc(C(F)(F)F)cc3[N+](=O)[O-])c(Br)c2)cc1OC. The number of carbonyl (C=O) groups excluding carboxylic acids is 1. The van der Waals surface area contributed by atoms with Crippen LogP contribution in [0.1, 0.15) is 34.8 Å².